The van der Waals surface area contributed by atoms with Crippen molar-refractivity contribution < 1.29 is 0 Å². The summed E-state index contributed by atoms with van der Waals surface area (Å²) in [6.07, 6.45) is 0. The van der Waals surface area contributed by atoms with E-state index in [0.29, 0.717) is 5.88 Å². The number of alkyl halides is 1. The minimum Gasteiger partial charge on any atom is -0.253 e. The van der Waals surface area contributed by atoms with Crippen molar-refractivity contribution in [1.82, 2.24) is 4.98 Å². The molecule has 0 aliphatic rings. The van der Waals surface area contributed by atoms with Crippen LogP contribution in [0.4, 0.5) is 0 Å². The van der Waals surface area contributed by atoms with E-state index in [0.717, 1.165) is 22.5 Å². The summed E-state index contributed by atoms with van der Waals surface area (Å²) in [5, 5.41) is 1.24. The minimum atomic E-state index is 0.569. The van der Waals surface area contributed by atoms with Crippen LogP contribution in [0.5, 0.6) is 0 Å². The first-order valence-corrected chi connectivity index (χ1v) is 8.41. The number of nitrogens with zero attached hydrogens (tertiary/aromatic N) is 1. The highest BCUT2D eigenvalue weighted by Gasteiger charge is 2.04. The van der Waals surface area contributed by atoms with Crippen LogP contribution in [-0.4, -0.2) is 4.98 Å². The van der Waals surface area contributed by atoms with Gasteiger partial charge in [-0.05, 0) is 42.3 Å². The van der Waals surface area contributed by atoms with Crippen molar-refractivity contribution in [3.8, 4) is 0 Å². The van der Waals surface area contributed by atoms with Gasteiger partial charge in [-0.1, -0.05) is 30.3 Å². The molecule has 0 radical (unpaired) electrons. The van der Waals surface area contributed by atoms with E-state index in [9.17, 15) is 0 Å². The van der Waals surface area contributed by atoms with Gasteiger partial charge < -0.3 is 0 Å². The second kappa shape index (κ2) is 6.50. The quantitative estimate of drug-likeness (QED) is 0.461. The first-order valence-electron chi connectivity index (χ1n) is 6.89. The monoisotopic (exact) mass is 313 g/mol. The number of hydrogen-bond donors (Lipinski definition) is 0. The summed E-state index contributed by atoms with van der Waals surface area (Å²) >= 11 is 7.67. The lowest BCUT2D eigenvalue weighted by atomic mass is 10.1. The molecule has 0 saturated heterocycles. The lowest BCUT2D eigenvalue weighted by Gasteiger charge is -2.08. The van der Waals surface area contributed by atoms with Crippen molar-refractivity contribution in [2.24, 2.45) is 0 Å². The average molecular weight is 314 g/mol. The van der Waals surface area contributed by atoms with E-state index < -0.39 is 0 Å². The smallest absolute Gasteiger partial charge is 0.0708 e. The Morgan fingerprint density at radius 1 is 1.05 bits per heavy atom. The maximum absolute atomic E-state index is 5.82. The molecule has 106 valence electrons. The van der Waals surface area contributed by atoms with Crippen molar-refractivity contribution in [2.45, 2.75) is 23.5 Å². The Hall–Kier alpha value is -1.51. The zero-order valence-electron chi connectivity index (χ0n) is 11.8. The van der Waals surface area contributed by atoms with Gasteiger partial charge in [-0.3, -0.25) is 4.98 Å². The molecule has 21 heavy (non-hydrogen) atoms. The summed E-state index contributed by atoms with van der Waals surface area (Å²) in [6.45, 7) is 2.05. The number of thioether (sulfide) groups is 1. The number of aryl methyl sites for hydroxylation is 1. The lowest BCUT2D eigenvalue weighted by Crippen LogP contribution is -1.90. The zero-order valence-corrected chi connectivity index (χ0v) is 13.4. The van der Waals surface area contributed by atoms with Gasteiger partial charge in [0.2, 0.25) is 0 Å². The van der Waals surface area contributed by atoms with Crippen LogP contribution in [0.15, 0.2) is 59.5 Å². The molecule has 0 fully saturated rings. The lowest BCUT2D eigenvalue weighted by molar-refractivity contribution is 1.22. The standard InChI is InChI=1S/C18H16ClNS/c1-13-10-15(17-4-2-3-5-18(17)20-13)12-21-16-8-6-14(11-19)7-9-16/h2-10H,11-12H2,1H3. The number of hydrogen-bond acceptors (Lipinski definition) is 2. The molecule has 0 unspecified atom stereocenters. The van der Waals surface area contributed by atoms with E-state index in [1.54, 1.807) is 0 Å². The highest BCUT2D eigenvalue weighted by molar-refractivity contribution is 7.98. The van der Waals surface area contributed by atoms with Crippen LogP contribution >= 0.6 is 23.4 Å². The fraction of sp³-hybridized carbons (Fsp3) is 0.167. The van der Waals surface area contributed by atoms with E-state index in [1.165, 1.54) is 15.8 Å². The maximum atomic E-state index is 5.82. The number of para-hydroxylation sites is 1. The van der Waals surface area contributed by atoms with Crippen LogP contribution < -0.4 is 0 Å². The predicted octanol–water partition coefficient (Wildman–Crippen LogP) is 5.57. The molecule has 0 aliphatic heterocycles. The predicted molar refractivity (Wildman–Crippen MR) is 92.0 cm³/mol. The molecule has 2 aromatic carbocycles. The van der Waals surface area contributed by atoms with Gasteiger partial charge in [0.05, 0.1) is 5.52 Å². The fourth-order valence-electron chi connectivity index (χ4n) is 2.35. The van der Waals surface area contributed by atoms with Crippen LogP contribution in [0.1, 0.15) is 16.8 Å². The van der Waals surface area contributed by atoms with Gasteiger partial charge in [0, 0.05) is 27.6 Å². The third-order valence-corrected chi connectivity index (χ3v) is 4.77. The topological polar surface area (TPSA) is 12.9 Å². The largest absolute Gasteiger partial charge is 0.253 e. The highest BCUT2D eigenvalue weighted by atomic mass is 35.5. The molecule has 3 heteroatoms. The molecule has 0 amide bonds. The van der Waals surface area contributed by atoms with E-state index in [-0.39, 0.29) is 0 Å². The zero-order chi connectivity index (χ0) is 14.7. The molecular formula is C18H16ClNS. The van der Waals surface area contributed by atoms with E-state index in [4.69, 9.17) is 11.6 Å². The Labute approximate surface area is 134 Å². The number of fused-ring (bicyclic) bond motifs is 1. The number of aromatic nitrogens is 1. The average Bonchev–Trinajstić information content (AvgIpc) is 2.53. The van der Waals surface area contributed by atoms with Crippen LogP contribution in [0.25, 0.3) is 10.9 Å². The summed E-state index contributed by atoms with van der Waals surface area (Å²) in [6, 6.07) is 19.0. The third kappa shape index (κ3) is 3.39. The summed E-state index contributed by atoms with van der Waals surface area (Å²) in [4.78, 5) is 5.86. The van der Waals surface area contributed by atoms with Crippen LogP contribution in [0.2, 0.25) is 0 Å². The van der Waals surface area contributed by atoms with Crippen LogP contribution in [0, 0.1) is 6.92 Å². The van der Waals surface area contributed by atoms with Gasteiger partial charge in [-0.2, -0.15) is 0 Å². The first-order chi connectivity index (χ1) is 10.3. The van der Waals surface area contributed by atoms with Crippen molar-refractivity contribution in [1.29, 1.82) is 0 Å². The van der Waals surface area contributed by atoms with Crippen LogP contribution in [0.3, 0.4) is 0 Å². The molecular weight excluding hydrogens is 298 g/mol. The Balaban J connectivity index is 1.84. The van der Waals surface area contributed by atoms with Crippen molar-refractivity contribution in [3.63, 3.8) is 0 Å². The molecule has 0 spiro atoms. The SMILES string of the molecule is Cc1cc(CSc2ccc(CCl)cc2)c2ccccc2n1. The first kappa shape index (κ1) is 14.4. The Bertz CT molecular complexity index is 753. The Kier molecular flexibility index (Phi) is 4.47. The van der Waals surface area contributed by atoms with Crippen molar-refractivity contribution in [2.75, 3.05) is 0 Å². The van der Waals surface area contributed by atoms with Crippen LogP contribution in [-0.2, 0) is 11.6 Å². The van der Waals surface area contributed by atoms with Gasteiger partial charge in [0.15, 0.2) is 0 Å². The molecule has 0 N–H and O–H groups in total. The second-order valence-corrected chi connectivity index (χ2v) is 6.32. The minimum absolute atomic E-state index is 0.569. The van der Waals surface area contributed by atoms with Gasteiger partial charge in [0.1, 0.15) is 0 Å². The summed E-state index contributed by atoms with van der Waals surface area (Å²) in [5.41, 5.74) is 4.64. The maximum Gasteiger partial charge on any atom is 0.0708 e. The Morgan fingerprint density at radius 2 is 1.81 bits per heavy atom. The molecule has 0 aliphatic carbocycles. The fourth-order valence-corrected chi connectivity index (χ4v) is 3.42. The molecule has 3 aromatic rings. The van der Waals surface area contributed by atoms with E-state index in [1.807, 2.05) is 17.8 Å². The highest BCUT2D eigenvalue weighted by Crippen LogP contribution is 2.27. The van der Waals surface area contributed by atoms with E-state index >= 15 is 0 Å². The molecule has 1 heterocycles. The molecule has 0 saturated carbocycles. The van der Waals surface area contributed by atoms with E-state index in [2.05, 4.69) is 60.4 Å². The number of rotatable bonds is 4. The normalized spacial score (nSPS) is 11.0. The molecule has 0 atom stereocenters. The Morgan fingerprint density at radius 3 is 2.57 bits per heavy atom. The van der Waals surface area contributed by atoms with Crippen molar-refractivity contribution in [3.05, 3.63) is 71.4 Å². The third-order valence-electron chi connectivity index (χ3n) is 3.40. The number of pyridine rings is 1. The number of halogens is 1. The van der Waals surface area contributed by atoms with Gasteiger partial charge in [0.25, 0.3) is 0 Å². The molecule has 3 rings (SSSR count). The summed E-state index contributed by atoms with van der Waals surface area (Å²) < 4.78 is 0. The van der Waals surface area contributed by atoms with Gasteiger partial charge >= 0.3 is 0 Å². The van der Waals surface area contributed by atoms with Gasteiger partial charge in [-0.15, -0.1) is 23.4 Å². The summed E-state index contributed by atoms with van der Waals surface area (Å²) in [7, 11) is 0. The second-order valence-electron chi connectivity index (χ2n) is 5.01. The van der Waals surface area contributed by atoms with Gasteiger partial charge in [-0.25, -0.2) is 0 Å². The molecule has 1 nitrogen and oxygen atoms in total. The molecule has 1 aromatic heterocycles. The number of benzene rings is 2. The van der Waals surface area contributed by atoms with Crippen molar-refractivity contribution >= 4 is 34.3 Å². The summed E-state index contributed by atoms with van der Waals surface area (Å²) in [5.74, 6) is 1.52. The molecule has 0 bridgehead atoms.